The molecule has 0 amide bonds. The van der Waals surface area contributed by atoms with Crippen LogP contribution in [-0.4, -0.2) is 16.9 Å². The van der Waals surface area contributed by atoms with Gasteiger partial charge in [0, 0.05) is 11.5 Å². The second kappa shape index (κ2) is 2.49. The van der Waals surface area contributed by atoms with Crippen LogP contribution in [0.1, 0.15) is 19.8 Å². The van der Waals surface area contributed by atoms with Gasteiger partial charge in [0.2, 0.25) is 0 Å². The Morgan fingerprint density at radius 2 is 1.91 bits per heavy atom. The average molecular weight is 154 g/mol. The van der Waals surface area contributed by atoms with Gasteiger partial charge >= 0.3 is 5.97 Å². The van der Waals surface area contributed by atoms with E-state index in [4.69, 9.17) is 5.11 Å². The van der Waals surface area contributed by atoms with Crippen LogP contribution in [0.4, 0.5) is 0 Å². The number of hydrogen-bond acceptors (Lipinski definition) is 2. The van der Waals surface area contributed by atoms with Crippen LogP contribution in [0.3, 0.4) is 0 Å². The van der Waals surface area contributed by atoms with E-state index in [9.17, 15) is 9.59 Å². The fraction of sp³-hybridized carbons (Fsp3) is 0.500. The van der Waals surface area contributed by atoms with Gasteiger partial charge in [0.25, 0.3) is 0 Å². The number of carboxylic acid groups (broad SMARTS) is 1. The zero-order chi connectivity index (χ0) is 8.48. The van der Waals surface area contributed by atoms with E-state index in [1.807, 2.05) is 6.92 Å². The Bertz CT molecular complexity index is 223. The van der Waals surface area contributed by atoms with Gasteiger partial charge in [-0.05, 0) is 18.9 Å². The monoisotopic (exact) mass is 154 g/mol. The number of carbonyl (C=O) groups is 2. The quantitative estimate of drug-likeness (QED) is 0.617. The molecule has 3 nitrogen and oxygen atoms in total. The number of rotatable bonds is 3. The molecule has 60 valence electrons. The van der Waals surface area contributed by atoms with Crippen molar-refractivity contribution in [3.63, 3.8) is 0 Å². The van der Waals surface area contributed by atoms with Gasteiger partial charge in [0.15, 0.2) is 5.78 Å². The Labute approximate surface area is 64.7 Å². The van der Waals surface area contributed by atoms with Crippen molar-refractivity contribution >= 4 is 11.8 Å². The molecule has 0 bridgehead atoms. The Hall–Kier alpha value is -1.12. The fourth-order valence-corrected chi connectivity index (χ4v) is 0.782. The topological polar surface area (TPSA) is 54.4 Å². The molecule has 0 aromatic heterocycles. The van der Waals surface area contributed by atoms with Gasteiger partial charge < -0.3 is 5.11 Å². The lowest BCUT2D eigenvalue weighted by Gasteiger charge is -1.98. The van der Waals surface area contributed by atoms with Crippen LogP contribution < -0.4 is 0 Å². The van der Waals surface area contributed by atoms with Gasteiger partial charge in [0.1, 0.15) is 0 Å². The molecule has 0 saturated heterocycles. The molecule has 0 radical (unpaired) electrons. The summed E-state index contributed by atoms with van der Waals surface area (Å²) in [7, 11) is 0. The first kappa shape index (κ1) is 7.98. The lowest BCUT2D eigenvalue weighted by atomic mass is 10.0. The summed E-state index contributed by atoms with van der Waals surface area (Å²) in [5.74, 6) is -1.14. The maximum atomic E-state index is 11.1. The first-order chi connectivity index (χ1) is 5.04. The van der Waals surface area contributed by atoms with Crippen LogP contribution in [0, 0.1) is 5.41 Å². The van der Waals surface area contributed by atoms with Crippen LogP contribution >= 0.6 is 0 Å². The number of carboxylic acids is 1. The minimum atomic E-state index is -1.07. The zero-order valence-corrected chi connectivity index (χ0v) is 6.33. The van der Waals surface area contributed by atoms with Gasteiger partial charge in [-0.2, -0.15) is 0 Å². The molecule has 3 heteroatoms. The minimum Gasteiger partial charge on any atom is -0.478 e. The average Bonchev–Trinajstić information content (AvgIpc) is 2.64. The molecule has 1 rings (SSSR count). The van der Waals surface area contributed by atoms with Crippen molar-refractivity contribution in [3.05, 3.63) is 12.2 Å². The smallest absolute Gasteiger partial charge is 0.328 e. The van der Waals surface area contributed by atoms with E-state index in [0.29, 0.717) is 0 Å². The van der Waals surface area contributed by atoms with E-state index in [1.165, 1.54) is 0 Å². The third-order valence-electron chi connectivity index (χ3n) is 1.97. The molecular formula is C8H10O3. The molecule has 0 aliphatic heterocycles. The van der Waals surface area contributed by atoms with Crippen molar-refractivity contribution in [2.45, 2.75) is 19.8 Å². The highest BCUT2D eigenvalue weighted by Crippen LogP contribution is 2.45. The molecule has 1 fully saturated rings. The first-order valence-electron chi connectivity index (χ1n) is 3.50. The largest absolute Gasteiger partial charge is 0.478 e. The second-order valence-corrected chi connectivity index (χ2v) is 3.10. The van der Waals surface area contributed by atoms with Gasteiger partial charge in [-0.1, -0.05) is 6.92 Å². The van der Waals surface area contributed by atoms with Crippen molar-refractivity contribution in [3.8, 4) is 0 Å². The van der Waals surface area contributed by atoms with Crippen LogP contribution in [0.5, 0.6) is 0 Å². The highest BCUT2D eigenvalue weighted by molar-refractivity contribution is 6.00. The maximum Gasteiger partial charge on any atom is 0.328 e. The molecule has 1 saturated carbocycles. The van der Waals surface area contributed by atoms with Crippen molar-refractivity contribution in [1.82, 2.24) is 0 Å². The predicted octanol–water partition coefficient (Wildman–Crippen LogP) is 0.996. The third-order valence-corrected chi connectivity index (χ3v) is 1.97. The van der Waals surface area contributed by atoms with Crippen LogP contribution in [0.2, 0.25) is 0 Å². The Balaban J connectivity index is 2.50. The number of ketones is 1. The number of allylic oxidation sites excluding steroid dienone is 1. The normalized spacial score (nSPS) is 20.1. The molecule has 11 heavy (non-hydrogen) atoms. The molecule has 0 atom stereocenters. The highest BCUT2D eigenvalue weighted by Gasteiger charge is 2.43. The second-order valence-electron chi connectivity index (χ2n) is 3.10. The van der Waals surface area contributed by atoms with E-state index in [0.717, 1.165) is 25.0 Å². The third kappa shape index (κ3) is 1.90. The molecule has 0 aromatic rings. The maximum absolute atomic E-state index is 11.1. The highest BCUT2D eigenvalue weighted by atomic mass is 16.4. The number of carbonyl (C=O) groups excluding carboxylic acids is 1. The molecule has 1 aliphatic rings. The van der Waals surface area contributed by atoms with Gasteiger partial charge in [-0.25, -0.2) is 4.79 Å². The van der Waals surface area contributed by atoms with Gasteiger partial charge in [-0.3, -0.25) is 4.79 Å². The van der Waals surface area contributed by atoms with E-state index in [-0.39, 0.29) is 11.2 Å². The summed E-state index contributed by atoms with van der Waals surface area (Å²) >= 11 is 0. The lowest BCUT2D eigenvalue weighted by Crippen LogP contribution is -2.08. The summed E-state index contributed by atoms with van der Waals surface area (Å²) in [6, 6.07) is 0. The van der Waals surface area contributed by atoms with Gasteiger partial charge in [0.05, 0.1) is 0 Å². The SMILES string of the molecule is CC1(C(=O)/C=C/C(=O)O)CC1. The summed E-state index contributed by atoms with van der Waals surface area (Å²) in [4.78, 5) is 21.1. The summed E-state index contributed by atoms with van der Waals surface area (Å²) in [6.45, 7) is 1.85. The van der Waals surface area contributed by atoms with E-state index in [2.05, 4.69) is 0 Å². The summed E-state index contributed by atoms with van der Waals surface area (Å²) in [5.41, 5.74) is -0.244. The van der Waals surface area contributed by atoms with Crippen molar-refractivity contribution in [2.24, 2.45) is 5.41 Å². The summed E-state index contributed by atoms with van der Waals surface area (Å²) < 4.78 is 0. The lowest BCUT2D eigenvalue weighted by molar-refractivity contribution is -0.131. The molecule has 0 heterocycles. The van der Waals surface area contributed by atoms with Gasteiger partial charge in [-0.15, -0.1) is 0 Å². The van der Waals surface area contributed by atoms with Crippen LogP contribution in [0.25, 0.3) is 0 Å². The van der Waals surface area contributed by atoms with Crippen LogP contribution in [-0.2, 0) is 9.59 Å². The number of aliphatic carboxylic acids is 1. The van der Waals surface area contributed by atoms with Crippen molar-refractivity contribution in [1.29, 1.82) is 0 Å². The summed E-state index contributed by atoms with van der Waals surface area (Å²) in [6.07, 6.45) is 3.81. The first-order valence-corrected chi connectivity index (χ1v) is 3.50. The van der Waals surface area contributed by atoms with Crippen LogP contribution in [0.15, 0.2) is 12.2 Å². The van der Waals surface area contributed by atoms with E-state index in [1.54, 1.807) is 0 Å². The molecular weight excluding hydrogens is 144 g/mol. The molecule has 0 unspecified atom stereocenters. The molecule has 1 aliphatic carbocycles. The molecule has 1 N–H and O–H groups in total. The van der Waals surface area contributed by atoms with Crippen molar-refractivity contribution < 1.29 is 14.7 Å². The van der Waals surface area contributed by atoms with E-state index < -0.39 is 5.97 Å². The standard InChI is InChI=1S/C8H10O3/c1-8(4-5-8)6(9)2-3-7(10)11/h2-3H,4-5H2,1H3,(H,10,11)/b3-2+. The molecule has 0 aromatic carbocycles. The van der Waals surface area contributed by atoms with Crippen molar-refractivity contribution in [2.75, 3.05) is 0 Å². The Morgan fingerprint density at radius 3 is 2.27 bits per heavy atom. The fourth-order valence-electron chi connectivity index (χ4n) is 0.782. The minimum absolute atomic E-state index is 0.0695. The Morgan fingerprint density at radius 1 is 1.36 bits per heavy atom. The number of hydrogen-bond donors (Lipinski definition) is 1. The molecule has 0 spiro atoms. The Kier molecular flexibility index (Phi) is 1.81. The van der Waals surface area contributed by atoms with E-state index >= 15 is 0 Å². The predicted molar refractivity (Wildman–Crippen MR) is 39.1 cm³/mol. The summed E-state index contributed by atoms with van der Waals surface area (Å²) in [5, 5.41) is 8.21. The zero-order valence-electron chi connectivity index (χ0n) is 6.33.